The summed E-state index contributed by atoms with van der Waals surface area (Å²) >= 11 is 5.92. The summed E-state index contributed by atoms with van der Waals surface area (Å²) in [5.74, 6) is -0.610. The van der Waals surface area contributed by atoms with Crippen LogP contribution in [0.25, 0.3) is 11.3 Å². The van der Waals surface area contributed by atoms with Gasteiger partial charge in [0.25, 0.3) is 12.3 Å². The second kappa shape index (κ2) is 9.79. The molecule has 174 valence electrons. The largest absolute Gasteiger partial charge is 0.328 e. The monoisotopic (exact) mass is 474 g/mol. The molecule has 1 aromatic carbocycles. The molecule has 0 radical (unpaired) electrons. The lowest BCUT2D eigenvalue weighted by molar-refractivity contribution is -0.126. The van der Waals surface area contributed by atoms with Gasteiger partial charge in [-0.3, -0.25) is 19.9 Å². The summed E-state index contributed by atoms with van der Waals surface area (Å²) in [6, 6.07) is 8.38. The Balaban J connectivity index is 1.83. The summed E-state index contributed by atoms with van der Waals surface area (Å²) in [6.07, 6.45) is -1.13. The number of nitrogens with one attached hydrogen (secondary N) is 2. The first-order valence-corrected chi connectivity index (χ1v) is 10.8. The number of nitrogens with zero attached hydrogens (tertiary/aromatic N) is 2. The highest BCUT2D eigenvalue weighted by Crippen LogP contribution is 2.26. The zero-order chi connectivity index (χ0) is 24.3. The van der Waals surface area contributed by atoms with Crippen molar-refractivity contribution in [3.05, 3.63) is 64.1 Å². The summed E-state index contributed by atoms with van der Waals surface area (Å²) in [6.45, 7) is 7.23. The van der Waals surface area contributed by atoms with Crippen molar-refractivity contribution in [1.82, 2.24) is 15.0 Å². The van der Waals surface area contributed by atoms with Crippen LogP contribution in [0.3, 0.4) is 0 Å². The molecule has 0 bridgehead atoms. The molecule has 0 unspecified atom stereocenters. The van der Waals surface area contributed by atoms with E-state index >= 15 is 0 Å². The number of aromatic nitrogens is 3. The van der Waals surface area contributed by atoms with Crippen molar-refractivity contribution in [2.45, 2.75) is 47.0 Å². The molecule has 1 amide bonds. The fraction of sp³-hybridized carbons (Fsp3) is 0.333. The van der Waals surface area contributed by atoms with Crippen molar-refractivity contribution >= 4 is 29.2 Å². The molecule has 0 aliphatic heterocycles. The number of carbonyl (C=O) groups is 2. The highest BCUT2D eigenvalue weighted by Gasteiger charge is 2.24. The van der Waals surface area contributed by atoms with E-state index in [9.17, 15) is 18.4 Å². The van der Waals surface area contributed by atoms with Crippen molar-refractivity contribution in [1.29, 1.82) is 0 Å². The minimum absolute atomic E-state index is 0.0345. The molecule has 0 atom stereocenters. The molecule has 3 aromatic rings. The molecule has 0 aliphatic carbocycles. The van der Waals surface area contributed by atoms with E-state index in [1.165, 1.54) is 12.3 Å². The Morgan fingerprint density at radius 3 is 2.45 bits per heavy atom. The molecule has 6 nitrogen and oxygen atoms in total. The van der Waals surface area contributed by atoms with Gasteiger partial charge in [-0.15, -0.1) is 0 Å². The number of anilines is 1. The molecular formula is C24H25ClF2N4O2. The van der Waals surface area contributed by atoms with Gasteiger partial charge < -0.3 is 4.98 Å². The van der Waals surface area contributed by atoms with Crippen LogP contribution in [0.5, 0.6) is 0 Å². The summed E-state index contributed by atoms with van der Waals surface area (Å²) in [5.41, 5.74) is 1.22. The second-order valence-electron chi connectivity index (χ2n) is 8.77. The van der Waals surface area contributed by atoms with Gasteiger partial charge in [0.2, 0.25) is 5.95 Å². The number of pyridine rings is 1. The highest BCUT2D eigenvalue weighted by atomic mass is 35.5. The fourth-order valence-electron chi connectivity index (χ4n) is 3.23. The molecular weight excluding hydrogens is 450 g/mol. The third-order valence-corrected chi connectivity index (χ3v) is 5.39. The summed E-state index contributed by atoms with van der Waals surface area (Å²) in [5, 5.41) is 3.12. The van der Waals surface area contributed by atoms with E-state index in [4.69, 9.17) is 11.6 Å². The van der Waals surface area contributed by atoms with E-state index in [2.05, 4.69) is 20.3 Å². The van der Waals surface area contributed by atoms with E-state index in [-0.39, 0.29) is 23.7 Å². The van der Waals surface area contributed by atoms with E-state index in [1.807, 2.05) is 20.8 Å². The topological polar surface area (TPSA) is 87.7 Å². The molecule has 33 heavy (non-hydrogen) atoms. The molecule has 9 heteroatoms. The van der Waals surface area contributed by atoms with Gasteiger partial charge in [0, 0.05) is 34.3 Å². The SMILES string of the molecule is Cc1[nH]c(NC(=O)c2cc(CCC(=O)C(C)(C)C)cnc2C(F)F)nc1-c1ccc(Cl)cc1. The van der Waals surface area contributed by atoms with Crippen LogP contribution in [-0.4, -0.2) is 26.6 Å². The third kappa shape index (κ3) is 6.01. The number of imidazole rings is 1. The Hall–Kier alpha value is -3.13. The lowest BCUT2D eigenvalue weighted by atomic mass is 9.87. The van der Waals surface area contributed by atoms with E-state index in [0.29, 0.717) is 28.4 Å². The van der Waals surface area contributed by atoms with Crippen LogP contribution in [0.4, 0.5) is 14.7 Å². The maximum absolute atomic E-state index is 13.5. The average molecular weight is 475 g/mol. The van der Waals surface area contributed by atoms with Gasteiger partial charge in [-0.1, -0.05) is 44.5 Å². The predicted octanol–water partition coefficient (Wildman–Crippen LogP) is 6.17. The fourth-order valence-corrected chi connectivity index (χ4v) is 3.35. The van der Waals surface area contributed by atoms with Crippen LogP contribution in [-0.2, 0) is 11.2 Å². The van der Waals surface area contributed by atoms with Gasteiger partial charge in [0.05, 0.1) is 11.3 Å². The zero-order valence-corrected chi connectivity index (χ0v) is 19.6. The molecule has 0 saturated carbocycles. The van der Waals surface area contributed by atoms with Crippen LogP contribution in [0.1, 0.15) is 60.9 Å². The molecule has 2 N–H and O–H groups in total. The van der Waals surface area contributed by atoms with E-state index < -0.39 is 23.4 Å². The quantitative estimate of drug-likeness (QED) is 0.428. The number of rotatable bonds is 7. The number of aryl methyl sites for hydroxylation is 2. The number of amides is 1. The first-order chi connectivity index (χ1) is 15.5. The van der Waals surface area contributed by atoms with E-state index in [0.717, 1.165) is 5.56 Å². The Labute approximate surface area is 195 Å². The predicted molar refractivity (Wildman–Crippen MR) is 124 cm³/mol. The van der Waals surface area contributed by atoms with Gasteiger partial charge in [0.1, 0.15) is 11.5 Å². The normalized spacial score (nSPS) is 11.6. The van der Waals surface area contributed by atoms with E-state index in [1.54, 1.807) is 31.2 Å². The van der Waals surface area contributed by atoms with Gasteiger partial charge in [-0.2, -0.15) is 0 Å². The van der Waals surface area contributed by atoms with Crippen LogP contribution in [0.2, 0.25) is 5.02 Å². The maximum atomic E-state index is 13.5. The molecule has 0 spiro atoms. The van der Waals surface area contributed by atoms with Crippen LogP contribution in [0, 0.1) is 12.3 Å². The standard InChI is InChI=1S/C24H25ClF2N4O2/c1-13-19(15-6-8-16(25)9-7-15)30-23(29-13)31-22(33)17-11-14(12-28-20(17)21(26)27)5-10-18(32)24(2,3)4/h6-9,11-12,21H,5,10H2,1-4H3,(H2,29,30,31,33). The van der Waals surface area contributed by atoms with Crippen molar-refractivity contribution in [3.8, 4) is 11.3 Å². The highest BCUT2D eigenvalue weighted by molar-refractivity contribution is 6.30. The Morgan fingerprint density at radius 1 is 1.18 bits per heavy atom. The van der Waals surface area contributed by atoms with Crippen molar-refractivity contribution in [2.75, 3.05) is 5.32 Å². The van der Waals surface area contributed by atoms with Gasteiger partial charge in [-0.25, -0.2) is 13.8 Å². The smallest absolute Gasteiger partial charge is 0.281 e. The molecule has 2 heterocycles. The molecule has 0 aliphatic rings. The first kappa shape index (κ1) is 24.5. The van der Waals surface area contributed by atoms with Gasteiger partial charge in [0.15, 0.2) is 0 Å². The minimum Gasteiger partial charge on any atom is -0.328 e. The zero-order valence-electron chi connectivity index (χ0n) is 18.8. The number of Topliss-reactive ketones (excluding diaryl/α,β-unsaturated/α-hetero) is 1. The Kier molecular flexibility index (Phi) is 7.27. The molecule has 0 saturated heterocycles. The molecule has 3 rings (SSSR count). The lowest BCUT2D eigenvalue weighted by Crippen LogP contribution is -2.21. The number of alkyl halides is 2. The first-order valence-electron chi connectivity index (χ1n) is 10.4. The number of aromatic amines is 1. The summed E-state index contributed by atoms with van der Waals surface area (Å²) in [7, 11) is 0. The Morgan fingerprint density at radius 2 is 1.85 bits per heavy atom. The van der Waals surface area contributed by atoms with Crippen LogP contribution in [0.15, 0.2) is 36.5 Å². The molecule has 0 fully saturated rings. The van der Waals surface area contributed by atoms with Crippen LogP contribution >= 0.6 is 11.6 Å². The number of H-pyrrole nitrogens is 1. The lowest BCUT2D eigenvalue weighted by Gasteiger charge is -2.16. The van der Waals surface area contributed by atoms with Crippen LogP contribution < -0.4 is 5.32 Å². The van der Waals surface area contributed by atoms with Crippen molar-refractivity contribution in [2.24, 2.45) is 5.41 Å². The van der Waals surface area contributed by atoms with Crippen molar-refractivity contribution < 1.29 is 18.4 Å². The average Bonchev–Trinajstić information content (AvgIpc) is 3.11. The summed E-state index contributed by atoms with van der Waals surface area (Å²) in [4.78, 5) is 36.2. The minimum atomic E-state index is -2.93. The van der Waals surface area contributed by atoms with Gasteiger partial charge in [-0.05, 0) is 37.1 Å². The number of hydrogen-bond acceptors (Lipinski definition) is 4. The number of halogens is 3. The van der Waals surface area contributed by atoms with Gasteiger partial charge >= 0.3 is 0 Å². The number of benzene rings is 1. The Bertz CT molecular complexity index is 1170. The third-order valence-electron chi connectivity index (χ3n) is 5.14. The number of hydrogen-bond donors (Lipinski definition) is 2. The molecule has 2 aromatic heterocycles. The number of carbonyl (C=O) groups excluding carboxylic acids is 2. The van der Waals surface area contributed by atoms with Crippen molar-refractivity contribution in [3.63, 3.8) is 0 Å². The maximum Gasteiger partial charge on any atom is 0.281 e. The summed E-state index contributed by atoms with van der Waals surface area (Å²) < 4.78 is 27.0. The number of ketones is 1. The second-order valence-corrected chi connectivity index (χ2v) is 9.21.